The van der Waals surface area contributed by atoms with Crippen molar-refractivity contribution in [1.29, 1.82) is 0 Å². The third kappa shape index (κ3) is 3.46. The number of anilines is 1. The number of carbonyl (C=O) groups is 3. The number of nitrogen functional groups attached to an aromatic ring is 1. The average Bonchev–Trinajstić information content (AvgIpc) is 2.89. The Balaban J connectivity index is 2.00. The Hall–Kier alpha value is -3.25. The monoisotopic (exact) mass is 410 g/mol. The first-order chi connectivity index (χ1) is 13.0. The van der Waals surface area contributed by atoms with Crippen LogP contribution in [0.5, 0.6) is 0 Å². The van der Waals surface area contributed by atoms with Gasteiger partial charge < -0.3 is 15.0 Å². The molecule has 0 unspecified atom stereocenters. The van der Waals surface area contributed by atoms with Gasteiger partial charge >= 0.3 is 11.6 Å². The minimum atomic E-state index is -4.63. The number of hydroxylamine groups is 2. The van der Waals surface area contributed by atoms with Crippen molar-refractivity contribution in [2.45, 2.75) is 31.1 Å². The number of carbonyl (C=O) groups excluding carboxylic acids is 3. The molecular weight excluding hydrogens is 396 g/mol. The van der Waals surface area contributed by atoms with Gasteiger partial charge in [-0.05, 0) is 18.6 Å². The lowest BCUT2D eigenvalue weighted by atomic mass is 10.0. The molecule has 1 fully saturated rings. The second-order valence-corrected chi connectivity index (χ2v) is 7.47. The molecule has 0 aliphatic carbocycles. The first kappa shape index (κ1) is 19.5. The van der Waals surface area contributed by atoms with Crippen molar-refractivity contribution in [2.75, 3.05) is 5.73 Å². The van der Waals surface area contributed by atoms with Crippen LogP contribution in [-0.4, -0.2) is 35.8 Å². The summed E-state index contributed by atoms with van der Waals surface area (Å²) in [7, 11) is -4.63. The second kappa shape index (κ2) is 6.73. The Morgan fingerprint density at radius 2 is 1.86 bits per heavy atom. The fraction of sp³-hybridized carbons (Fsp3) is 0.250. The van der Waals surface area contributed by atoms with E-state index in [0.717, 1.165) is 12.1 Å². The Morgan fingerprint density at radius 3 is 2.43 bits per heavy atom. The molecule has 1 saturated heterocycles. The van der Waals surface area contributed by atoms with Crippen molar-refractivity contribution >= 4 is 44.6 Å². The molecule has 2 heterocycles. The number of nitrogens with two attached hydrogens (primary N) is 1. The summed E-state index contributed by atoms with van der Waals surface area (Å²) in [5, 5.41) is 0.467. The molecule has 1 aliphatic heterocycles. The van der Waals surface area contributed by atoms with Crippen LogP contribution in [0.25, 0.3) is 11.0 Å². The molecule has 1 aliphatic rings. The van der Waals surface area contributed by atoms with Crippen LogP contribution in [0.2, 0.25) is 0 Å². The molecule has 0 spiro atoms. The third-order valence-corrected chi connectivity index (χ3v) is 5.12. The van der Waals surface area contributed by atoms with Crippen molar-refractivity contribution in [3.05, 3.63) is 33.7 Å². The summed E-state index contributed by atoms with van der Waals surface area (Å²) in [5.41, 5.74) is 4.31. The predicted octanol–water partition coefficient (Wildman–Crippen LogP) is 0.0800. The van der Waals surface area contributed by atoms with Gasteiger partial charge in [0.25, 0.3) is 21.9 Å². The molecule has 3 rings (SSSR count). The highest BCUT2D eigenvalue weighted by molar-refractivity contribution is 7.86. The van der Waals surface area contributed by atoms with Gasteiger partial charge in [0.1, 0.15) is 10.5 Å². The van der Waals surface area contributed by atoms with Crippen LogP contribution in [0.3, 0.4) is 0 Å². The maximum absolute atomic E-state index is 12.2. The molecule has 1 aromatic carbocycles. The average molecular weight is 410 g/mol. The van der Waals surface area contributed by atoms with E-state index in [-0.39, 0.29) is 40.6 Å². The number of hydrogen-bond donors (Lipinski definition) is 2. The largest absolute Gasteiger partial charge is 0.422 e. The lowest BCUT2D eigenvalue weighted by Gasteiger charge is -2.13. The summed E-state index contributed by atoms with van der Waals surface area (Å²) < 4.78 is 37.2. The number of rotatable bonds is 4. The minimum Gasteiger partial charge on any atom is -0.422 e. The molecule has 148 valence electrons. The van der Waals surface area contributed by atoms with Crippen molar-refractivity contribution in [3.8, 4) is 0 Å². The number of amides is 2. The van der Waals surface area contributed by atoms with E-state index in [1.54, 1.807) is 0 Å². The molecule has 28 heavy (non-hydrogen) atoms. The highest BCUT2D eigenvalue weighted by Gasteiger charge is 2.33. The maximum Gasteiger partial charge on any atom is 0.340 e. The third-order valence-electron chi connectivity index (χ3n) is 4.22. The van der Waals surface area contributed by atoms with E-state index in [4.69, 9.17) is 15.0 Å². The van der Waals surface area contributed by atoms with E-state index < -0.39 is 44.8 Å². The number of hydrogen-bond acceptors (Lipinski definition) is 9. The quantitative estimate of drug-likeness (QED) is 0.304. The summed E-state index contributed by atoms with van der Waals surface area (Å²) in [6.45, 7) is 1.43. The molecule has 1 aromatic heterocycles. The normalized spacial score (nSPS) is 14.7. The van der Waals surface area contributed by atoms with Crippen molar-refractivity contribution < 1.29 is 36.6 Å². The first-order valence-corrected chi connectivity index (χ1v) is 9.33. The first-order valence-electron chi connectivity index (χ1n) is 7.89. The van der Waals surface area contributed by atoms with E-state index in [0.29, 0.717) is 5.06 Å². The fourth-order valence-electron chi connectivity index (χ4n) is 2.79. The van der Waals surface area contributed by atoms with Gasteiger partial charge in [-0.15, -0.1) is 5.06 Å². The number of aryl methyl sites for hydroxylation is 1. The SMILES string of the molecule is Cc1c(CC(=O)ON2C(=O)CCC2=O)c(=O)oc2cc(N)c(S(=O)(=O)O)cc12. The molecule has 3 N–H and O–H groups in total. The molecule has 2 aromatic rings. The number of fused-ring (bicyclic) bond motifs is 1. The van der Waals surface area contributed by atoms with Crippen LogP contribution < -0.4 is 11.4 Å². The maximum atomic E-state index is 12.2. The molecular formula is C16H14N2O9S. The van der Waals surface area contributed by atoms with E-state index in [1.807, 2.05) is 0 Å². The Labute approximate surface area is 157 Å². The van der Waals surface area contributed by atoms with Crippen LogP contribution >= 0.6 is 0 Å². The zero-order valence-corrected chi connectivity index (χ0v) is 15.2. The summed E-state index contributed by atoms with van der Waals surface area (Å²) in [6, 6.07) is 2.08. The van der Waals surface area contributed by atoms with Gasteiger partial charge in [0.15, 0.2) is 0 Å². The van der Waals surface area contributed by atoms with E-state index >= 15 is 0 Å². The molecule has 11 nitrogen and oxygen atoms in total. The predicted molar refractivity (Wildman–Crippen MR) is 92.3 cm³/mol. The number of benzene rings is 1. The van der Waals surface area contributed by atoms with Gasteiger partial charge in [-0.1, -0.05) is 0 Å². The van der Waals surface area contributed by atoms with Crippen LogP contribution in [0.1, 0.15) is 24.0 Å². The van der Waals surface area contributed by atoms with Gasteiger partial charge in [-0.2, -0.15) is 8.42 Å². The van der Waals surface area contributed by atoms with Crippen LogP contribution in [0.15, 0.2) is 26.2 Å². The van der Waals surface area contributed by atoms with Crippen molar-refractivity contribution in [2.24, 2.45) is 0 Å². The van der Waals surface area contributed by atoms with Crippen molar-refractivity contribution in [3.63, 3.8) is 0 Å². The van der Waals surface area contributed by atoms with E-state index in [9.17, 15) is 32.1 Å². The van der Waals surface area contributed by atoms with Gasteiger partial charge in [-0.25, -0.2) is 9.59 Å². The van der Waals surface area contributed by atoms with Gasteiger partial charge in [0.05, 0.1) is 17.7 Å². The van der Waals surface area contributed by atoms with Crippen LogP contribution in [-0.2, 0) is 35.8 Å². The molecule has 0 atom stereocenters. The molecule has 0 saturated carbocycles. The Morgan fingerprint density at radius 1 is 1.25 bits per heavy atom. The highest BCUT2D eigenvalue weighted by atomic mass is 32.2. The fourth-order valence-corrected chi connectivity index (χ4v) is 3.42. The number of imide groups is 1. The summed E-state index contributed by atoms with van der Waals surface area (Å²) >= 11 is 0. The lowest BCUT2D eigenvalue weighted by Crippen LogP contribution is -2.33. The Kier molecular flexibility index (Phi) is 4.69. The van der Waals surface area contributed by atoms with Gasteiger partial charge in [0, 0.05) is 24.3 Å². The zero-order valence-electron chi connectivity index (χ0n) is 14.4. The zero-order chi connectivity index (χ0) is 20.8. The summed E-state index contributed by atoms with van der Waals surface area (Å²) in [5.74, 6) is -2.40. The summed E-state index contributed by atoms with van der Waals surface area (Å²) in [6.07, 6.45) is -0.793. The van der Waals surface area contributed by atoms with Crippen molar-refractivity contribution in [1.82, 2.24) is 5.06 Å². The van der Waals surface area contributed by atoms with E-state index in [2.05, 4.69) is 0 Å². The van der Waals surface area contributed by atoms with Crippen LogP contribution in [0.4, 0.5) is 5.69 Å². The summed E-state index contributed by atoms with van der Waals surface area (Å²) in [4.78, 5) is 51.4. The second-order valence-electron chi connectivity index (χ2n) is 6.08. The number of nitrogens with zero attached hydrogens (tertiary/aromatic N) is 1. The van der Waals surface area contributed by atoms with Gasteiger partial charge in [-0.3, -0.25) is 14.1 Å². The topological polar surface area (TPSA) is 174 Å². The molecule has 2 amide bonds. The smallest absolute Gasteiger partial charge is 0.340 e. The van der Waals surface area contributed by atoms with Crippen LogP contribution in [0, 0.1) is 6.92 Å². The Bertz CT molecular complexity index is 1180. The van der Waals surface area contributed by atoms with E-state index in [1.165, 1.54) is 6.92 Å². The lowest BCUT2D eigenvalue weighted by molar-refractivity contribution is -0.197. The molecule has 0 radical (unpaired) electrons. The molecule has 12 heteroatoms. The highest BCUT2D eigenvalue weighted by Crippen LogP contribution is 2.28. The molecule has 0 bridgehead atoms. The standard InChI is InChI=1S/C16H14N2O9S/c1-7-8-4-12(28(23,24)25)10(17)6-11(8)26-16(22)9(7)5-15(21)27-18-13(19)2-3-14(18)20/h4,6H,2-3,5,17H2,1H3,(H,23,24,25). The van der Waals surface area contributed by atoms with Gasteiger partial charge in [0.2, 0.25) is 0 Å². The minimum absolute atomic E-state index is 0.0468.